The molecule has 0 saturated heterocycles. The second kappa shape index (κ2) is 7.41. The molecule has 1 amide bonds. The van der Waals surface area contributed by atoms with E-state index in [0.717, 1.165) is 22.2 Å². The van der Waals surface area contributed by atoms with Gasteiger partial charge in [0, 0.05) is 27.6 Å². The Morgan fingerprint density at radius 1 is 1.19 bits per heavy atom. The molecule has 0 radical (unpaired) electrons. The first-order valence-electron chi connectivity index (χ1n) is 7.34. The summed E-state index contributed by atoms with van der Waals surface area (Å²) in [5.41, 5.74) is 1.59. The molecule has 2 aromatic carbocycles. The molecule has 6 nitrogen and oxygen atoms in total. The zero-order valence-corrected chi connectivity index (χ0v) is 15.7. The number of non-ortho nitro benzene ring substituents is 1. The van der Waals surface area contributed by atoms with Gasteiger partial charge in [-0.1, -0.05) is 35.3 Å². The van der Waals surface area contributed by atoms with Crippen LogP contribution < -0.4 is 5.32 Å². The molecule has 0 fully saturated rings. The van der Waals surface area contributed by atoms with Crippen LogP contribution in [0.1, 0.15) is 15.2 Å². The van der Waals surface area contributed by atoms with Crippen LogP contribution in [0.2, 0.25) is 10.0 Å². The number of anilines is 1. The van der Waals surface area contributed by atoms with Crippen LogP contribution in [0.3, 0.4) is 0 Å². The summed E-state index contributed by atoms with van der Waals surface area (Å²) in [6.45, 7) is 1.90. The van der Waals surface area contributed by atoms with E-state index < -0.39 is 10.8 Å². The second-order valence-electron chi connectivity index (χ2n) is 5.31. The van der Waals surface area contributed by atoms with E-state index in [0.29, 0.717) is 10.2 Å². The Morgan fingerprint density at radius 3 is 2.50 bits per heavy atom. The fraction of sp³-hybridized carbons (Fsp3) is 0.0588. The van der Waals surface area contributed by atoms with E-state index in [1.165, 1.54) is 23.5 Å². The maximum absolute atomic E-state index is 12.4. The van der Waals surface area contributed by atoms with Gasteiger partial charge >= 0.3 is 0 Å². The van der Waals surface area contributed by atoms with Gasteiger partial charge in [0.1, 0.15) is 0 Å². The fourth-order valence-electron chi connectivity index (χ4n) is 2.29. The van der Waals surface area contributed by atoms with Crippen LogP contribution >= 0.6 is 34.5 Å². The van der Waals surface area contributed by atoms with Crippen LogP contribution in [0.4, 0.5) is 10.8 Å². The molecular weight excluding hydrogens is 397 g/mol. The number of thiazole rings is 1. The summed E-state index contributed by atoms with van der Waals surface area (Å²) >= 11 is 13.2. The number of carbonyl (C=O) groups excluding carboxylic acids is 1. The summed E-state index contributed by atoms with van der Waals surface area (Å²) in [4.78, 5) is 28.0. The highest BCUT2D eigenvalue weighted by Crippen LogP contribution is 2.32. The molecule has 0 aliphatic heterocycles. The zero-order chi connectivity index (χ0) is 18.8. The van der Waals surface area contributed by atoms with E-state index in [4.69, 9.17) is 23.2 Å². The van der Waals surface area contributed by atoms with Crippen LogP contribution in [0.15, 0.2) is 42.5 Å². The van der Waals surface area contributed by atoms with Gasteiger partial charge in [0.25, 0.3) is 11.6 Å². The van der Waals surface area contributed by atoms with Crippen molar-refractivity contribution in [3.8, 4) is 11.3 Å². The SMILES string of the molecule is Cc1sc(NC(=O)c2ccc([N+](=O)[O-])cc2Cl)nc1-c1ccc(Cl)cc1. The topological polar surface area (TPSA) is 85.1 Å². The first-order chi connectivity index (χ1) is 12.3. The van der Waals surface area contributed by atoms with Gasteiger partial charge in [0.2, 0.25) is 0 Å². The minimum absolute atomic E-state index is 0.00269. The average molecular weight is 408 g/mol. The molecule has 132 valence electrons. The van der Waals surface area contributed by atoms with E-state index in [2.05, 4.69) is 10.3 Å². The Bertz CT molecular complexity index is 1000. The molecule has 3 rings (SSSR count). The highest BCUT2D eigenvalue weighted by Gasteiger charge is 2.17. The predicted octanol–water partition coefficient (Wildman–Crippen LogP) is 5.59. The Hall–Kier alpha value is -2.48. The van der Waals surface area contributed by atoms with Crippen molar-refractivity contribution in [1.29, 1.82) is 0 Å². The molecule has 0 aliphatic rings. The molecule has 1 aromatic heterocycles. The van der Waals surface area contributed by atoms with Crippen LogP contribution in [-0.2, 0) is 0 Å². The number of nitro benzene ring substituents is 1. The Balaban J connectivity index is 1.83. The monoisotopic (exact) mass is 407 g/mol. The number of hydrogen-bond donors (Lipinski definition) is 1. The Labute approximate surface area is 162 Å². The molecule has 0 atom stereocenters. The number of carbonyl (C=O) groups is 1. The molecule has 0 aliphatic carbocycles. The highest BCUT2D eigenvalue weighted by atomic mass is 35.5. The highest BCUT2D eigenvalue weighted by molar-refractivity contribution is 7.16. The smallest absolute Gasteiger partial charge is 0.270 e. The van der Waals surface area contributed by atoms with Crippen LogP contribution in [0.5, 0.6) is 0 Å². The van der Waals surface area contributed by atoms with Crippen LogP contribution in [0.25, 0.3) is 11.3 Å². The molecule has 1 N–H and O–H groups in total. The van der Waals surface area contributed by atoms with Gasteiger partial charge in [-0.3, -0.25) is 20.2 Å². The molecule has 0 spiro atoms. The summed E-state index contributed by atoms with van der Waals surface area (Å²) in [7, 11) is 0. The lowest BCUT2D eigenvalue weighted by Gasteiger charge is -2.04. The predicted molar refractivity (Wildman–Crippen MR) is 103 cm³/mol. The maximum Gasteiger partial charge on any atom is 0.270 e. The van der Waals surface area contributed by atoms with Gasteiger partial charge in [0.15, 0.2) is 5.13 Å². The van der Waals surface area contributed by atoms with E-state index in [-0.39, 0.29) is 16.3 Å². The number of nitrogens with zero attached hydrogens (tertiary/aromatic N) is 2. The summed E-state index contributed by atoms with van der Waals surface area (Å²) in [6.07, 6.45) is 0. The number of rotatable bonds is 4. The van der Waals surface area contributed by atoms with Crippen molar-refractivity contribution < 1.29 is 9.72 Å². The first kappa shape index (κ1) is 18.3. The molecule has 26 heavy (non-hydrogen) atoms. The van der Waals surface area contributed by atoms with Gasteiger partial charge in [-0.05, 0) is 25.1 Å². The van der Waals surface area contributed by atoms with E-state index >= 15 is 0 Å². The number of hydrogen-bond acceptors (Lipinski definition) is 5. The van der Waals surface area contributed by atoms with Gasteiger partial charge in [0.05, 0.1) is 21.2 Å². The Morgan fingerprint density at radius 2 is 1.88 bits per heavy atom. The lowest BCUT2D eigenvalue weighted by molar-refractivity contribution is -0.384. The lowest BCUT2D eigenvalue weighted by Crippen LogP contribution is -2.12. The normalized spacial score (nSPS) is 10.6. The van der Waals surface area contributed by atoms with Crippen molar-refractivity contribution >= 4 is 51.3 Å². The van der Waals surface area contributed by atoms with Crippen LogP contribution in [-0.4, -0.2) is 15.8 Å². The van der Waals surface area contributed by atoms with Gasteiger partial charge < -0.3 is 0 Å². The summed E-state index contributed by atoms with van der Waals surface area (Å²) in [5, 5.41) is 14.5. The average Bonchev–Trinajstić information content (AvgIpc) is 2.95. The number of halogens is 2. The Kier molecular flexibility index (Phi) is 5.22. The molecule has 0 bridgehead atoms. The largest absolute Gasteiger partial charge is 0.298 e. The quantitative estimate of drug-likeness (QED) is 0.451. The van der Waals surface area contributed by atoms with Crippen molar-refractivity contribution in [3.63, 3.8) is 0 Å². The molecule has 0 saturated carbocycles. The molecule has 1 heterocycles. The number of aromatic nitrogens is 1. The van der Waals surface area contributed by atoms with Gasteiger partial charge in [-0.2, -0.15) is 0 Å². The van der Waals surface area contributed by atoms with Crippen molar-refractivity contribution in [2.24, 2.45) is 0 Å². The molecule has 9 heteroatoms. The number of aryl methyl sites for hydroxylation is 1. The van der Waals surface area contributed by atoms with Crippen molar-refractivity contribution in [3.05, 3.63) is 73.1 Å². The molecule has 3 aromatic rings. The third-order valence-electron chi connectivity index (χ3n) is 3.54. The van der Waals surface area contributed by atoms with E-state index in [9.17, 15) is 14.9 Å². The van der Waals surface area contributed by atoms with Crippen molar-refractivity contribution in [2.45, 2.75) is 6.92 Å². The van der Waals surface area contributed by atoms with Crippen LogP contribution in [0, 0.1) is 17.0 Å². The van der Waals surface area contributed by atoms with E-state index in [1.807, 2.05) is 19.1 Å². The van der Waals surface area contributed by atoms with Gasteiger partial charge in [-0.15, -0.1) is 11.3 Å². The lowest BCUT2D eigenvalue weighted by atomic mass is 10.1. The minimum Gasteiger partial charge on any atom is -0.298 e. The molecular formula is C17H11Cl2N3O3S. The molecule has 0 unspecified atom stereocenters. The fourth-order valence-corrected chi connectivity index (χ4v) is 3.51. The number of amides is 1. The zero-order valence-electron chi connectivity index (χ0n) is 13.3. The number of benzene rings is 2. The van der Waals surface area contributed by atoms with Crippen molar-refractivity contribution in [1.82, 2.24) is 4.98 Å². The minimum atomic E-state index is -0.573. The van der Waals surface area contributed by atoms with Gasteiger partial charge in [-0.25, -0.2) is 4.98 Å². The standard InChI is InChI=1S/C17H11Cl2N3O3S/c1-9-15(10-2-4-11(18)5-3-10)20-17(26-9)21-16(23)13-7-6-12(22(24)25)8-14(13)19/h2-8H,1H3,(H,20,21,23). The number of nitro groups is 1. The summed E-state index contributed by atoms with van der Waals surface area (Å²) < 4.78 is 0. The maximum atomic E-state index is 12.4. The third-order valence-corrected chi connectivity index (χ3v) is 4.99. The summed E-state index contributed by atoms with van der Waals surface area (Å²) in [5.74, 6) is -0.485. The third kappa shape index (κ3) is 3.85. The second-order valence-corrected chi connectivity index (χ2v) is 7.35. The van der Waals surface area contributed by atoms with E-state index in [1.54, 1.807) is 12.1 Å². The summed E-state index contributed by atoms with van der Waals surface area (Å²) in [6, 6.07) is 10.9. The van der Waals surface area contributed by atoms with Crippen molar-refractivity contribution in [2.75, 3.05) is 5.32 Å². The first-order valence-corrected chi connectivity index (χ1v) is 8.91. The number of nitrogens with one attached hydrogen (secondary N) is 1.